The van der Waals surface area contributed by atoms with E-state index in [2.05, 4.69) is 15.8 Å². The smallest absolute Gasteiger partial charge is 0.329 e. The van der Waals surface area contributed by atoms with Crippen LogP contribution in [0.5, 0.6) is 17.2 Å². The highest BCUT2D eigenvalue weighted by atomic mass is 35.5. The lowest BCUT2D eigenvalue weighted by atomic mass is 10.1. The third-order valence-corrected chi connectivity index (χ3v) is 5.25. The number of amides is 2. The zero-order chi connectivity index (χ0) is 25.4. The molecule has 2 amide bonds. The van der Waals surface area contributed by atoms with Gasteiger partial charge in [-0.1, -0.05) is 17.7 Å². The Labute approximate surface area is 206 Å². The highest BCUT2D eigenvalue weighted by Crippen LogP contribution is 2.30. The number of benzene rings is 3. The van der Waals surface area contributed by atoms with Gasteiger partial charge in [-0.25, -0.2) is 9.82 Å². The van der Waals surface area contributed by atoms with Crippen molar-refractivity contribution in [3.63, 3.8) is 0 Å². The molecule has 0 saturated heterocycles. The molecule has 2 N–H and O–H groups in total. The molecule has 0 saturated carbocycles. The maximum Gasteiger partial charge on any atom is 0.329 e. The molecule has 182 valence electrons. The Morgan fingerprint density at radius 2 is 1.71 bits per heavy atom. The Kier molecular flexibility index (Phi) is 8.63. The van der Waals surface area contributed by atoms with Crippen LogP contribution in [-0.2, 0) is 16.2 Å². The molecule has 10 heteroatoms. The van der Waals surface area contributed by atoms with E-state index >= 15 is 0 Å². The van der Waals surface area contributed by atoms with Crippen molar-refractivity contribution >= 4 is 34.8 Å². The minimum atomic E-state index is -0.936. The van der Waals surface area contributed by atoms with Crippen LogP contribution in [0.15, 0.2) is 65.8 Å². The molecule has 0 aliphatic heterocycles. The summed E-state index contributed by atoms with van der Waals surface area (Å²) >= 11 is 6.04. The Balaban J connectivity index is 1.63. The average molecular weight is 500 g/mol. The second kappa shape index (κ2) is 11.8. The van der Waals surface area contributed by atoms with Gasteiger partial charge in [0.05, 0.1) is 25.0 Å². The first-order valence-corrected chi connectivity index (χ1v) is 10.7. The molecular weight excluding hydrogens is 477 g/mol. The van der Waals surface area contributed by atoms with Crippen LogP contribution in [-0.4, -0.2) is 31.7 Å². The number of hydrogen-bond donors (Lipinski definition) is 2. The SMILES string of the molecule is COc1ccc(NC(=O)C(=O)N/N=C(\C)c2ccc(OCc3c(F)cccc3Cl)c(OC)c2)cc1. The summed E-state index contributed by atoms with van der Waals surface area (Å²) in [5, 5.41) is 6.71. The fraction of sp³-hybridized carbons (Fsp3) is 0.160. The molecule has 35 heavy (non-hydrogen) atoms. The lowest BCUT2D eigenvalue weighted by Crippen LogP contribution is -2.32. The van der Waals surface area contributed by atoms with Crippen LogP contribution in [0, 0.1) is 5.82 Å². The maximum absolute atomic E-state index is 14.0. The molecule has 3 aromatic rings. The number of rotatable bonds is 8. The Hall–Kier alpha value is -4.11. The van der Waals surface area contributed by atoms with E-state index in [1.807, 2.05) is 0 Å². The van der Waals surface area contributed by atoms with Gasteiger partial charge >= 0.3 is 11.8 Å². The molecule has 0 aliphatic carbocycles. The normalized spacial score (nSPS) is 10.9. The van der Waals surface area contributed by atoms with Crippen molar-refractivity contribution in [2.75, 3.05) is 19.5 Å². The zero-order valence-electron chi connectivity index (χ0n) is 19.2. The van der Waals surface area contributed by atoms with Crippen LogP contribution in [0.25, 0.3) is 0 Å². The second-order valence-electron chi connectivity index (χ2n) is 7.18. The van der Waals surface area contributed by atoms with E-state index in [-0.39, 0.29) is 17.2 Å². The molecule has 8 nitrogen and oxygen atoms in total. The number of hydrogen-bond acceptors (Lipinski definition) is 6. The van der Waals surface area contributed by atoms with E-state index in [4.69, 9.17) is 25.8 Å². The molecule has 0 heterocycles. The summed E-state index contributed by atoms with van der Waals surface area (Å²) < 4.78 is 30.1. The third kappa shape index (κ3) is 6.70. The first-order valence-electron chi connectivity index (χ1n) is 10.4. The fourth-order valence-electron chi connectivity index (χ4n) is 2.94. The lowest BCUT2D eigenvalue weighted by Gasteiger charge is -2.13. The molecule has 0 radical (unpaired) electrons. The summed E-state index contributed by atoms with van der Waals surface area (Å²) in [5.74, 6) is -0.925. The highest BCUT2D eigenvalue weighted by Gasteiger charge is 2.15. The van der Waals surface area contributed by atoms with Crippen molar-refractivity contribution in [1.82, 2.24) is 5.43 Å². The number of anilines is 1. The minimum absolute atomic E-state index is 0.0896. The summed E-state index contributed by atoms with van der Waals surface area (Å²) in [7, 11) is 2.99. The standard InChI is InChI=1S/C25H23ClFN3O5/c1-15(29-30-25(32)24(31)28-17-8-10-18(33-2)11-9-17)16-7-12-22(23(13-16)34-3)35-14-19-20(26)5-4-6-21(19)27/h4-13H,14H2,1-3H3,(H,28,31)(H,30,32)/b29-15+. The number of nitrogens with zero attached hydrogens (tertiary/aromatic N) is 1. The molecular formula is C25H23ClFN3O5. The molecule has 3 aromatic carbocycles. The van der Waals surface area contributed by atoms with Crippen molar-refractivity contribution in [2.45, 2.75) is 13.5 Å². The van der Waals surface area contributed by atoms with E-state index in [0.29, 0.717) is 34.2 Å². The Morgan fingerprint density at radius 3 is 2.37 bits per heavy atom. The molecule has 0 aliphatic rings. The Bertz CT molecular complexity index is 1230. The summed E-state index contributed by atoms with van der Waals surface area (Å²) in [6.07, 6.45) is 0. The van der Waals surface area contributed by atoms with Gasteiger partial charge in [0.1, 0.15) is 18.2 Å². The van der Waals surface area contributed by atoms with Crippen molar-refractivity contribution in [1.29, 1.82) is 0 Å². The number of ether oxygens (including phenoxy) is 3. The van der Waals surface area contributed by atoms with Crippen molar-refractivity contribution in [3.8, 4) is 17.2 Å². The van der Waals surface area contributed by atoms with Crippen molar-refractivity contribution < 1.29 is 28.2 Å². The Morgan fingerprint density at radius 1 is 0.971 bits per heavy atom. The van der Waals surface area contributed by atoms with Crippen molar-refractivity contribution in [2.24, 2.45) is 5.10 Å². The average Bonchev–Trinajstić information content (AvgIpc) is 2.87. The quantitative estimate of drug-likeness (QED) is 0.269. The van der Waals surface area contributed by atoms with Gasteiger partial charge in [0.25, 0.3) is 0 Å². The first kappa shape index (κ1) is 25.5. The van der Waals surface area contributed by atoms with Gasteiger partial charge in [-0.15, -0.1) is 0 Å². The van der Waals surface area contributed by atoms with E-state index in [0.717, 1.165) is 0 Å². The monoisotopic (exact) mass is 499 g/mol. The number of halogens is 2. The van der Waals surface area contributed by atoms with Gasteiger partial charge < -0.3 is 19.5 Å². The number of hydrazone groups is 1. The van der Waals surface area contributed by atoms with Gasteiger partial charge in [-0.05, 0) is 61.5 Å². The topological polar surface area (TPSA) is 98.2 Å². The van der Waals surface area contributed by atoms with Crippen LogP contribution < -0.4 is 25.0 Å². The number of carbonyl (C=O) groups is 2. The summed E-state index contributed by atoms with van der Waals surface area (Å²) in [6.45, 7) is 1.56. The largest absolute Gasteiger partial charge is 0.497 e. The molecule has 3 rings (SSSR count). The van der Waals surface area contributed by atoms with Crippen molar-refractivity contribution in [3.05, 3.63) is 82.6 Å². The highest BCUT2D eigenvalue weighted by molar-refractivity contribution is 6.39. The van der Waals surface area contributed by atoms with Gasteiger partial charge in [0, 0.05) is 16.8 Å². The lowest BCUT2D eigenvalue weighted by molar-refractivity contribution is -0.136. The fourth-order valence-corrected chi connectivity index (χ4v) is 3.16. The number of methoxy groups -OCH3 is 2. The van der Waals surface area contributed by atoms with Crippen LogP contribution in [0.3, 0.4) is 0 Å². The summed E-state index contributed by atoms with van der Waals surface area (Å²) in [6, 6.07) is 15.9. The molecule has 0 bridgehead atoms. The van der Waals surface area contributed by atoms with E-state index in [1.54, 1.807) is 55.5 Å². The number of carbonyl (C=O) groups excluding carboxylic acids is 2. The van der Waals surface area contributed by atoms with Crippen LogP contribution in [0.2, 0.25) is 5.02 Å². The third-order valence-electron chi connectivity index (χ3n) is 4.89. The van der Waals surface area contributed by atoms with E-state index in [9.17, 15) is 14.0 Å². The molecule has 0 unspecified atom stereocenters. The van der Waals surface area contributed by atoms with Gasteiger partial charge in [-0.3, -0.25) is 9.59 Å². The minimum Gasteiger partial charge on any atom is -0.497 e. The van der Waals surface area contributed by atoms with E-state index in [1.165, 1.54) is 26.4 Å². The van der Waals surface area contributed by atoms with Gasteiger partial charge in [-0.2, -0.15) is 5.10 Å². The number of nitrogens with one attached hydrogen (secondary N) is 2. The second-order valence-corrected chi connectivity index (χ2v) is 7.58. The molecule has 0 aromatic heterocycles. The predicted molar refractivity (Wildman–Crippen MR) is 131 cm³/mol. The zero-order valence-corrected chi connectivity index (χ0v) is 20.0. The van der Waals surface area contributed by atoms with Crippen LogP contribution in [0.1, 0.15) is 18.1 Å². The molecule has 0 fully saturated rings. The van der Waals surface area contributed by atoms with Gasteiger partial charge in [0.15, 0.2) is 11.5 Å². The predicted octanol–water partition coefficient (Wildman–Crippen LogP) is 4.55. The molecule has 0 spiro atoms. The summed E-state index contributed by atoms with van der Waals surface area (Å²) in [4.78, 5) is 24.2. The van der Waals surface area contributed by atoms with E-state index < -0.39 is 17.6 Å². The first-order chi connectivity index (χ1) is 16.8. The van der Waals surface area contributed by atoms with Crippen LogP contribution in [0.4, 0.5) is 10.1 Å². The maximum atomic E-state index is 14.0. The van der Waals surface area contributed by atoms with Gasteiger partial charge in [0.2, 0.25) is 0 Å². The summed E-state index contributed by atoms with van der Waals surface area (Å²) in [5.41, 5.74) is 3.90. The molecule has 0 atom stereocenters. The van der Waals surface area contributed by atoms with Crippen LogP contribution >= 0.6 is 11.6 Å².